The fraction of sp³-hybridized carbons (Fsp3) is 0.900. The van der Waals surface area contributed by atoms with Crippen molar-refractivity contribution >= 4 is 5.91 Å². The molecule has 0 rings (SSSR count). The van der Waals surface area contributed by atoms with E-state index in [0.29, 0.717) is 19.1 Å². The highest BCUT2D eigenvalue weighted by molar-refractivity contribution is 5.81. The number of carbonyl (C=O) groups is 1. The second-order valence-corrected chi connectivity index (χ2v) is 3.66. The van der Waals surface area contributed by atoms with Crippen LogP contribution in [0.2, 0.25) is 0 Å². The summed E-state index contributed by atoms with van der Waals surface area (Å²) >= 11 is 0. The van der Waals surface area contributed by atoms with Gasteiger partial charge in [0.1, 0.15) is 0 Å². The van der Waals surface area contributed by atoms with Gasteiger partial charge < -0.3 is 11.1 Å². The summed E-state index contributed by atoms with van der Waals surface area (Å²) in [6.07, 6.45) is 0.917. The summed E-state index contributed by atoms with van der Waals surface area (Å²) < 4.78 is 0. The largest absolute Gasteiger partial charge is 0.355 e. The van der Waals surface area contributed by atoms with Crippen molar-refractivity contribution in [3.8, 4) is 0 Å². The molecule has 1 amide bonds. The maximum atomic E-state index is 11.5. The van der Waals surface area contributed by atoms with E-state index < -0.39 is 0 Å². The van der Waals surface area contributed by atoms with Crippen molar-refractivity contribution in [3.05, 3.63) is 0 Å². The third-order valence-electron chi connectivity index (χ3n) is 2.62. The van der Waals surface area contributed by atoms with Gasteiger partial charge in [-0.15, -0.1) is 0 Å². The van der Waals surface area contributed by atoms with Crippen LogP contribution in [-0.4, -0.2) is 43.0 Å². The molecule has 0 aromatic rings. The number of rotatable bonds is 6. The number of hydrogen-bond donors (Lipinski definition) is 2. The lowest BCUT2D eigenvalue weighted by Gasteiger charge is -2.29. The van der Waals surface area contributed by atoms with Crippen molar-refractivity contribution in [1.29, 1.82) is 0 Å². The van der Waals surface area contributed by atoms with Gasteiger partial charge in [0, 0.05) is 12.6 Å². The summed E-state index contributed by atoms with van der Waals surface area (Å²) in [7, 11) is 1.96. The van der Waals surface area contributed by atoms with Gasteiger partial charge in [0.2, 0.25) is 5.91 Å². The summed E-state index contributed by atoms with van der Waals surface area (Å²) in [5, 5.41) is 2.81. The van der Waals surface area contributed by atoms with Crippen LogP contribution in [-0.2, 0) is 4.79 Å². The summed E-state index contributed by atoms with van der Waals surface area (Å²) in [5.74, 6) is 0.0823. The molecule has 0 saturated heterocycles. The van der Waals surface area contributed by atoms with Crippen molar-refractivity contribution in [3.63, 3.8) is 0 Å². The molecule has 0 aromatic carbocycles. The van der Waals surface area contributed by atoms with Gasteiger partial charge in [-0.2, -0.15) is 0 Å². The predicted molar refractivity (Wildman–Crippen MR) is 59.0 cm³/mol. The lowest BCUT2D eigenvalue weighted by molar-refractivity contribution is -0.126. The molecule has 2 unspecified atom stereocenters. The topological polar surface area (TPSA) is 58.4 Å². The van der Waals surface area contributed by atoms with Gasteiger partial charge in [0.15, 0.2) is 0 Å². The Balaban J connectivity index is 4.08. The van der Waals surface area contributed by atoms with Crippen molar-refractivity contribution in [2.24, 2.45) is 5.73 Å². The van der Waals surface area contributed by atoms with Crippen LogP contribution in [0.25, 0.3) is 0 Å². The molecule has 84 valence electrons. The Hall–Kier alpha value is -0.610. The average Bonchev–Trinajstić information content (AvgIpc) is 2.16. The van der Waals surface area contributed by atoms with E-state index in [2.05, 4.69) is 17.1 Å². The minimum atomic E-state index is -0.0866. The fourth-order valence-corrected chi connectivity index (χ4v) is 1.33. The highest BCUT2D eigenvalue weighted by Gasteiger charge is 2.20. The van der Waals surface area contributed by atoms with E-state index in [1.807, 2.05) is 20.9 Å². The van der Waals surface area contributed by atoms with E-state index in [0.717, 1.165) is 6.42 Å². The first-order chi connectivity index (χ1) is 6.54. The number of nitrogens with zero attached hydrogens (tertiary/aromatic N) is 1. The zero-order valence-electron chi connectivity index (χ0n) is 9.71. The van der Waals surface area contributed by atoms with Crippen LogP contribution >= 0.6 is 0 Å². The number of hydrogen-bond acceptors (Lipinski definition) is 3. The smallest absolute Gasteiger partial charge is 0.237 e. The SMILES string of the molecule is CCNC(=O)C(C)N(C)C(C)CCN. The zero-order valence-corrected chi connectivity index (χ0v) is 9.71. The molecule has 0 spiro atoms. The molecular formula is C10H23N3O. The molecule has 4 nitrogen and oxygen atoms in total. The third kappa shape index (κ3) is 4.07. The molecule has 0 fully saturated rings. The maximum Gasteiger partial charge on any atom is 0.237 e. The van der Waals surface area contributed by atoms with E-state index in [1.54, 1.807) is 0 Å². The Morgan fingerprint density at radius 1 is 1.50 bits per heavy atom. The van der Waals surface area contributed by atoms with Crippen LogP contribution in [0.1, 0.15) is 27.2 Å². The zero-order chi connectivity index (χ0) is 11.1. The molecule has 2 atom stereocenters. The minimum absolute atomic E-state index is 0.0823. The Bertz CT molecular complexity index is 173. The van der Waals surface area contributed by atoms with Gasteiger partial charge in [-0.25, -0.2) is 0 Å². The highest BCUT2D eigenvalue weighted by atomic mass is 16.2. The van der Waals surface area contributed by atoms with E-state index in [4.69, 9.17) is 5.73 Å². The lowest BCUT2D eigenvalue weighted by atomic mass is 10.1. The summed E-state index contributed by atoms with van der Waals surface area (Å²) in [6.45, 7) is 7.27. The van der Waals surface area contributed by atoms with Crippen LogP contribution < -0.4 is 11.1 Å². The second kappa shape index (κ2) is 6.79. The second-order valence-electron chi connectivity index (χ2n) is 3.66. The van der Waals surface area contributed by atoms with Crippen LogP contribution in [0.5, 0.6) is 0 Å². The molecule has 0 aromatic heterocycles. The first kappa shape index (κ1) is 13.4. The lowest BCUT2D eigenvalue weighted by Crippen LogP contribution is -2.47. The van der Waals surface area contributed by atoms with Crippen LogP contribution in [0.4, 0.5) is 0 Å². The van der Waals surface area contributed by atoms with E-state index in [-0.39, 0.29) is 11.9 Å². The van der Waals surface area contributed by atoms with Gasteiger partial charge >= 0.3 is 0 Å². The third-order valence-corrected chi connectivity index (χ3v) is 2.62. The fourth-order valence-electron chi connectivity index (χ4n) is 1.33. The number of nitrogens with one attached hydrogen (secondary N) is 1. The van der Waals surface area contributed by atoms with Crippen LogP contribution in [0.15, 0.2) is 0 Å². The average molecular weight is 201 g/mol. The molecule has 3 N–H and O–H groups in total. The standard InChI is InChI=1S/C10H23N3O/c1-5-12-10(14)9(3)13(4)8(2)6-7-11/h8-9H,5-7,11H2,1-4H3,(H,12,14). The molecule has 0 aliphatic heterocycles. The Morgan fingerprint density at radius 3 is 2.50 bits per heavy atom. The Morgan fingerprint density at radius 2 is 2.07 bits per heavy atom. The Labute approximate surface area is 86.8 Å². The molecule has 14 heavy (non-hydrogen) atoms. The van der Waals surface area contributed by atoms with Crippen molar-refractivity contribution in [2.45, 2.75) is 39.3 Å². The van der Waals surface area contributed by atoms with Gasteiger partial charge in [-0.05, 0) is 40.8 Å². The first-order valence-electron chi connectivity index (χ1n) is 5.24. The molecule has 0 radical (unpaired) electrons. The maximum absolute atomic E-state index is 11.5. The quantitative estimate of drug-likeness (QED) is 0.644. The van der Waals surface area contributed by atoms with Gasteiger partial charge in [0.05, 0.1) is 6.04 Å². The monoisotopic (exact) mass is 201 g/mol. The van der Waals surface area contributed by atoms with Crippen molar-refractivity contribution in [2.75, 3.05) is 20.1 Å². The number of nitrogens with two attached hydrogens (primary N) is 1. The summed E-state index contributed by atoms with van der Waals surface area (Å²) in [5.41, 5.74) is 5.47. The van der Waals surface area contributed by atoms with E-state index in [1.165, 1.54) is 0 Å². The number of carbonyl (C=O) groups excluding carboxylic acids is 1. The van der Waals surface area contributed by atoms with E-state index in [9.17, 15) is 4.79 Å². The molecular weight excluding hydrogens is 178 g/mol. The van der Waals surface area contributed by atoms with Gasteiger partial charge in [-0.1, -0.05) is 0 Å². The molecule has 0 heterocycles. The Kier molecular flexibility index (Phi) is 6.49. The van der Waals surface area contributed by atoms with Crippen LogP contribution in [0, 0.1) is 0 Å². The van der Waals surface area contributed by atoms with Crippen LogP contribution in [0.3, 0.4) is 0 Å². The summed E-state index contributed by atoms with van der Waals surface area (Å²) in [6, 6.07) is 0.258. The van der Waals surface area contributed by atoms with Crippen molar-refractivity contribution in [1.82, 2.24) is 10.2 Å². The predicted octanol–water partition coefficient (Wildman–Crippen LogP) is 0.180. The molecule has 0 aliphatic carbocycles. The normalized spacial score (nSPS) is 15.3. The number of likely N-dealkylation sites (N-methyl/N-ethyl adjacent to an activating group) is 2. The highest BCUT2D eigenvalue weighted by Crippen LogP contribution is 2.05. The molecule has 4 heteroatoms. The minimum Gasteiger partial charge on any atom is -0.355 e. The van der Waals surface area contributed by atoms with Crippen molar-refractivity contribution < 1.29 is 4.79 Å². The van der Waals surface area contributed by atoms with Gasteiger partial charge in [0.25, 0.3) is 0 Å². The van der Waals surface area contributed by atoms with Gasteiger partial charge in [-0.3, -0.25) is 9.69 Å². The molecule has 0 aliphatic rings. The number of amides is 1. The summed E-state index contributed by atoms with van der Waals surface area (Å²) in [4.78, 5) is 13.6. The first-order valence-corrected chi connectivity index (χ1v) is 5.24. The molecule has 0 saturated carbocycles. The van der Waals surface area contributed by atoms with E-state index >= 15 is 0 Å². The molecule has 0 bridgehead atoms.